The number of rotatable bonds is 26. The first kappa shape index (κ1) is 33.9. The van der Waals surface area contributed by atoms with Gasteiger partial charge in [-0.2, -0.15) is 0 Å². The lowest BCUT2D eigenvalue weighted by Gasteiger charge is -2.27. The third-order valence-corrected chi connectivity index (χ3v) is 7.45. The SMILES string of the molecule is CCCCCCCCCCCCCOC(=O)C(CC)(CC)C(=O)OCCCCCCCCCCC. The van der Waals surface area contributed by atoms with Gasteiger partial charge in [0.2, 0.25) is 0 Å². The average Bonchev–Trinajstić information content (AvgIpc) is 2.87. The molecule has 0 radical (unpaired) electrons. The normalized spacial score (nSPS) is 11.5. The Labute approximate surface area is 218 Å². The number of hydrogen-bond donors (Lipinski definition) is 0. The Kier molecular flexibility index (Phi) is 23.9. The van der Waals surface area contributed by atoms with E-state index in [9.17, 15) is 9.59 Å². The van der Waals surface area contributed by atoms with Crippen molar-refractivity contribution in [1.82, 2.24) is 0 Å². The topological polar surface area (TPSA) is 52.6 Å². The van der Waals surface area contributed by atoms with E-state index in [0.717, 1.165) is 25.7 Å². The smallest absolute Gasteiger partial charge is 0.323 e. The van der Waals surface area contributed by atoms with Crippen LogP contribution in [0, 0.1) is 5.41 Å². The lowest BCUT2D eigenvalue weighted by Crippen LogP contribution is -2.41. The summed E-state index contributed by atoms with van der Waals surface area (Å²) in [5.41, 5.74) is -1.14. The van der Waals surface area contributed by atoms with E-state index in [1.54, 1.807) is 0 Å². The van der Waals surface area contributed by atoms with Crippen molar-refractivity contribution in [3.63, 3.8) is 0 Å². The predicted molar refractivity (Wildman–Crippen MR) is 149 cm³/mol. The lowest BCUT2D eigenvalue weighted by molar-refractivity contribution is -0.173. The second-order valence-electron chi connectivity index (χ2n) is 10.4. The fraction of sp³-hybridized carbons (Fsp3) is 0.935. The van der Waals surface area contributed by atoms with E-state index in [0.29, 0.717) is 26.1 Å². The van der Waals surface area contributed by atoms with E-state index in [1.807, 2.05) is 13.8 Å². The molecule has 0 aromatic heterocycles. The second kappa shape index (κ2) is 24.6. The van der Waals surface area contributed by atoms with Gasteiger partial charge in [0.1, 0.15) is 0 Å². The molecule has 4 nitrogen and oxygen atoms in total. The van der Waals surface area contributed by atoms with Crippen LogP contribution in [-0.4, -0.2) is 25.2 Å². The molecule has 0 saturated heterocycles. The van der Waals surface area contributed by atoms with Gasteiger partial charge < -0.3 is 9.47 Å². The summed E-state index contributed by atoms with van der Waals surface area (Å²) in [4.78, 5) is 25.6. The van der Waals surface area contributed by atoms with E-state index in [-0.39, 0.29) is 0 Å². The molecule has 0 unspecified atom stereocenters. The largest absolute Gasteiger partial charge is 0.465 e. The zero-order valence-corrected chi connectivity index (χ0v) is 24.1. The van der Waals surface area contributed by atoms with Crippen molar-refractivity contribution in [2.24, 2.45) is 5.41 Å². The first-order valence-corrected chi connectivity index (χ1v) is 15.4. The summed E-state index contributed by atoms with van der Waals surface area (Å²) < 4.78 is 11.1. The second-order valence-corrected chi connectivity index (χ2v) is 10.4. The van der Waals surface area contributed by atoms with Gasteiger partial charge in [-0.3, -0.25) is 9.59 Å². The standard InChI is InChI=1S/C31H60O4/c1-5-9-11-13-15-17-18-20-22-24-26-28-35-30(33)31(7-3,8-4)29(32)34-27-25-23-21-19-16-14-12-10-6-2/h5-28H2,1-4H3. The summed E-state index contributed by atoms with van der Waals surface area (Å²) in [5.74, 6) is -0.794. The Balaban J connectivity index is 3.95. The maximum absolute atomic E-state index is 12.8. The van der Waals surface area contributed by atoms with Crippen LogP contribution in [0.15, 0.2) is 0 Å². The van der Waals surface area contributed by atoms with Crippen LogP contribution in [0.4, 0.5) is 0 Å². The molecular weight excluding hydrogens is 436 g/mol. The van der Waals surface area contributed by atoms with Gasteiger partial charge in [0, 0.05) is 0 Å². The van der Waals surface area contributed by atoms with E-state index in [2.05, 4.69) is 13.8 Å². The molecule has 35 heavy (non-hydrogen) atoms. The van der Waals surface area contributed by atoms with Gasteiger partial charge in [-0.1, -0.05) is 143 Å². The first-order chi connectivity index (χ1) is 17.1. The summed E-state index contributed by atoms with van der Waals surface area (Å²) in [6.07, 6.45) is 25.7. The molecule has 0 heterocycles. The molecule has 0 aliphatic rings. The average molecular weight is 497 g/mol. The molecule has 0 saturated carbocycles. The number of hydrogen-bond acceptors (Lipinski definition) is 4. The van der Waals surface area contributed by atoms with Crippen molar-refractivity contribution in [1.29, 1.82) is 0 Å². The maximum atomic E-state index is 12.8. The van der Waals surface area contributed by atoms with Crippen LogP contribution in [0.25, 0.3) is 0 Å². The highest BCUT2D eigenvalue weighted by Crippen LogP contribution is 2.30. The fourth-order valence-electron chi connectivity index (χ4n) is 4.70. The fourth-order valence-corrected chi connectivity index (χ4v) is 4.70. The zero-order valence-electron chi connectivity index (χ0n) is 24.1. The molecule has 0 bridgehead atoms. The number of ether oxygens (including phenoxy) is 2. The number of carbonyl (C=O) groups is 2. The molecular formula is C31H60O4. The first-order valence-electron chi connectivity index (χ1n) is 15.4. The maximum Gasteiger partial charge on any atom is 0.323 e. The Hall–Kier alpha value is -1.06. The van der Waals surface area contributed by atoms with Gasteiger partial charge in [0.05, 0.1) is 13.2 Å². The molecule has 0 aromatic carbocycles. The van der Waals surface area contributed by atoms with Crippen LogP contribution < -0.4 is 0 Å². The Morgan fingerprint density at radius 2 is 0.686 bits per heavy atom. The van der Waals surface area contributed by atoms with E-state index >= 15 is 0 Å². The summed E-state index contributed by atoms with van der Waals surface area (Å²) in [5, 5.41) is 0. The van der Waals surface area contributed by atoms with Crippen molar-refractivity contribution in [3.8, 4) is 0 Å². The number of unbranched alkanes of at least 4 members (excludes halogenated alkanes) is 18. The summed E-state index contributed by atoms with van der Waals surface area (Å²) >= 11 is 0. The highest BCUT2D eigenvalue weighted by molar-refractivity contribution is 5.99. The highest BCUT2D eigenvalue weighted by atomic mass is 16.6. The summed E-state index contributed by atoms with van der Waals surface area (Å²) in [7, 11) is 0. The van der Waals surface area contributed by atoms with E-state index in [1.165, 1.54) is 103 Å². The Morgan fingerprint density at radius 1 is 0.429 bits per heavy atom. The van der Waals surface area contributed by atoms with Crippen LogP contribution in [-0.2, 0) is 19.1 Å². The molecule has 0 aliphatic heterocycles. The quantitative estimate of drug-likeness (QED) is 0.0679. The van der Waals surface area contributed by atoms with Gasteiger partial charge in [-0.05, 0) is 25.7 Å². The van der Waals surface area contributed by atoms with Crippen LogP contribution in [0.2, 0.25) is 0 Å². The van der Waals surface area contributed by atoms with E-state index < -0.39 is 17.4 Å². The number of esters is 2. The minimum Gasteiger partial charge on any atom is -0.465 e. The minimum atomic E-state index is -1.14. The van der Waals surface area contributed by atoms with Gasteiger partial charge in [-0.25, -0.2) is 0 Å². The van der Waals surface area contributed by atoms with Crippen molar-refractivity contribution in [2.45, 2.75) is 169 Å². The Bertz CT molecular complexity index is 484. The van der Waals surface area contributed by atoms with Crippen molar-refractivity contribution in [2.75, 3.05) is 13.2 Å². The lowest BCUT2D eigenvalue weighted by atomic mass is 9.82. The third-order valence-electron chi connectivity index (χ3n) is 7.45. The molecule has 4 heteroatoms. The molecule has 0 aliphatic carbocycles. The molecule has 0 spiro atoms. The van der Waals surface area contributed by atoms with Crippen LogP contribution in [0.1, 0.15) is 169 Å². The van der Waals surface area contributed by atoms with Crippen molar-refractivity contribution in [3.05, 3.63) is 0 Å². The summed E-state index contributed by atoms with van der Waals surface area (Å²) in [6.45, 7) is 9.07. The van der Waals surface area contributed by atoms with Crippen LogP contribution in [0.3, 0.4) is 0 Å². The molecule has 0 N–H and O–H groups in total. The van der Waals surface area contributed by atoms with Gasteiger partial charge in [0.25, 0.3) is 0 Å². The Morgan fingerprint density at radius 3 is 0.943 bits per heavy atom. The predicted octanol–water partition coefficient (Wildman–Crippen LogP) is 9.72. The molecule has 0 fully saturated rings. The monoisotopic (exact) mass is 496 g/mol. The van der Waals surface area contributed by atoms with Gasteiger partial charge >= 0.3 is 11.9 Å². The molecule has 208 valence electrons. The molecule has 0 rings (SSSR count). The van der Waals surface area contributed by atoms with Crippen LogP contribution >= 0.6 is 0 Å². The zero-order chi connectivity index (χ0) is 26.0. The molecule has 0 atom stereocenters. The van der Waals surface area contributed by atoms with Crippen molar-refractivity contribution >= 4 is 11.9 Å². The van der Waals surface area contributed by atoms with Crippen LogP contribution in [0.5, 0.6) is 0 Å². The molecule has 0 aromatic rings. The molecule has 0 amide bonds. The van der Waals surface area contributed by atoms with Gasteiger partial charge in [-0.15, -0.1) is 0 Å². The highest BCUT2D eigenvalue weighted by Gasteiger charge is 2.45. The third kappa shape index (κ3) is 17.1. The van der Waals surface area contributed by atoms with Gasteiger partial charge in [0.15, 0.2) is 5.41 Å². The van der Waals surface area contributed by atoms with E-state index in [4.69, 9.17) is 9.47 Å². The van der Waals surface area contributed by atoms with Crippen molar-refractivity contribution < 1.29 is 19.1 Å². The minimum absolute atomic E-state index is 0.397. The number of carbonyl (C=O) groups excluding carboxylic acids is 2. The summed E-state index contributed by atoms with van der Waals surface area (Å²) in [6, 6.07) is 0.